The SMILES string of the molecule is C=C(C)[C@@H](CC=C(C)C)C[C@@]12C[C@@H](CC=C(C)C)C(C)(C)[C@@](CC=C(C)C)(C1=O)c1oc3cc(O)c(O)cc3c(=O)c1C2=O. The number of carbonyl (C=O) groups is 2. The molecule has 0 aliphatic heterocycles. The quantitative estimate of drug-likeness (QED) is 0.169. The molecule has 1 aromatic heterocycles. The van der Waals surface area contributed by atoms with Crippen LogP contribution in [0, 0.1) is 22.7 Å². The number of hydrogen-bond acceptors (Lipinski definition) is 6. The molecule has 0 unspecified atom stereocenters. The molecule has 4 rings (SSSR count). The Labute approximate surface area is 261 Å². The average Bonchev–Trinajstić information content (AvgIpc) is 2.91. The van der Waals surface area contributed by atoms with Gasteiger partial charge in [0, 0.05) is 6.07 Å². The summed E-state index contributed by atoms with van der Waals surface area (Å²) >= 11 is 0. The number of fused-ring (bicyclic) bond motifs is 5. The van der Waals surface area contributed by atoms with E-state index in [0.29, 0.717) is 19.3 Å². The minimum absolute atomic E-state index is 0.00720. The molecule has 2 aliphatic carbocycles. The molecule has 2 N–H and O–H groups in total. The van der Waals surface area contributed by atoms with Crippen molar-refractivity contribution in [3.05, 3.63) is 80.8 Å². The molecule has 1 fully saturated rings. The van der Waals surface area contributed by atoms with E-state index in [0.717, 1.165) is 28.4 Å². The summed E-state index contributed by atoms with van der Waals surface area (Å²) in [6.45, 7) is 22.4. The molecule has 6 heteroatoms. The van der Waals surface area contributed by atoms with E-state index in [9.17, 15) is 19.8 Å². The highest BCUT2D eigenvalue weighted by Crippen LogP contribution is 2.66. The van der Waals surface area contributed by atoms with Crippen molar-refractivity contribution in [2.75, 3.05) is 0 Å². The Balaban J connectivity index is 2.17. The van der Waals surface area contributed by atoms with Gasteiger partial charge in [0.1, 0.15) is 16.9 Å². The lowest BCUT2D eigenvalue weighted by Gasteiger charge is -2.60. The van der Waals surface area contributed by atoms with Gasteiger partial charge in [-0.3, -0.25) is 14.4 Å². The van der Waals surface area contributed by atoms with Gasteiger partial charge in [-0.2, -0.15) is 0 Å². The first kappa shape index (κ1) is 33.2. The van der Waals surface area contributed by atoms with Gasteiger partial charge in [0.2, 0.25) is 5.43 Å². The maximum absolute atomic E-state index is 15.4. The van der Waals surface area contributed by atoms with Gasteiger partial charge in [-0.05, 0) is 104 Å². The number of rotatable bonds is 9. The highest BCUT2D eigenvalue weighted by molar-refractivity contribution is 6.23. The molecule has 236 valence electrons. The number of phenolic OH excluding ortho intramolecular Hbond substituents is 2. The summed E-state index contributed by atoms with van der Waals surface area (Å²) in [5.74, 6) is -1.80. The molecule has 0 amide bonds. The standard InChI is InChI=1S/C38H48O6/c1-21(2)11-13-25(24(7)8)19-37-20-26(14-12-22(3)4)36(9,10)38(35(37)43,16-15-23(5)6)34-31(33(37)42)32(41)27-17-28(39)29(40)18-30(27)44-34/h11-12,15,17-18,25-26,39-40H,7,13-14,16,19-20H2,1-6,8-10H3/t25-,26+,37-,38+/m0/s1. The summed E-state index contributed by atoms with van der Waals surface area (Å²) in [7, 11) is 0. The maximum Gasteiger partial charge on any atom is 0.204 e. The zero-order chi connectivity index (χ0) is 32.9. The van der Waals surface area contributed by atoms with Crippen molar-refractivity contribution in [1.82, 2.24) is 0 Å². The predicted octanol–water partition coefficient (Wildman–Crippen LogP) is 8.89. The monoisotopic (exact) mass is 600 g/mol. The van der Waals surface area contributed by atoms with E-state index in [1.807, 2.05) is 54.5 Å². The van der Waals surface area contributed by atoms with Crippen LogP contribution >= 0.6 is 0 Å². The first-order valence-electron chi connectivity index (χ1n) is 15.6. The number of ketones is 2. The van der Waals surface area contributed by atoms with E-state index in [-0.39, 0.29) is 52.8 Å². The van der Waals surface area contributed by atoms with Crippen LogP contribution in [0.3, 0.4) is 0 Å². The van der Waals surface area contributed by atoms with E-state index in [2.05, 4.69) is 32.6 Å². The summed E-state index contributed by atoms with van der Waals surface area (Å²) in [5, 5.41) is 20.6. The Morgan fingerprint density at radius 2 is 1.55 bits per heavy atom. The zero-order valence-corrected chi connectivity index (χ0v) is 27.8. The molecule has 2 aromatic rings. The highest BCUT2D eigenvalue weighted by atomic mass is 16.3. The molecular formula is C38H48O6. The van der Waals surface area contributed by atoms with Crippen molar-refractivity contribution < 1.29 is 24.2 Å². The van der Waals surface area contributed by atoms with Gasteiger partial charge in [-0.25, -0.2) is 0 Å². The number of allylic oxidation sites excluding steroid dienone is 7. The molecule has 6 nitrogen and oxygen atoms in total. The van der Waals surface area contributed by atoms with Gasteiger partial charge in [0.05, 0.1) is 16.2 Å². The number of aromatic hydroxyl groups is 2. The van der Waals surface area contributed by atoms with Crippen LogP contribution in [-0.2, 0) is 10.2 Å². The summed E-state index contributed by atoms with van der Waals surface area (Å²) in [6.07, 6.45) is 8.42. The second-order valence-electron chi connectivity index (χ2n) is 14.5. The third kappa shape index (κ3) is 5.20. The number of hydrogen-bond donors (Lipinski definition) is 2. The van der Waals surface area contributed by atoms with Crippen molar-refractivity contribution in [3.8, 4) is 11.5 Å². The lowest BCUT2D eigenvalue weighted by atomic mass is 9.39. The van der Waals surface area contributed by atoms with Crippen LogP contribution in [0.4, 0.5) is 0 Å². The largest absolute Gasteiger partial charge is 0.504 e. The fraction of sp³-hybridized carbons (Fsp3) is 0.500. The molecule has 1 saturated carbocycles. The second kappa shape index (κ2) is 11.7. The normalized spacial score (nSPS) is 24.3. The Morgan fingerprint density at radius 1 is 0.955 bits per heavy atom. The van der Waals surface area contributed by atoms with E-state index < -0.39 is 39.0 Å². The first-order chi connectivity index (χ1) is 20.4. The molecule has 2 bridgehead atoms. The maximum atomic E-state index is 15.4. The smallest absolute Gasteiger partial charge is 0.204 e. The number of benzene rings is 1. The molecule has 2 aliphatic rings. The van der Waals surface area contributed by atoms with E-state index >= 15 is 4.79 Å². The Kier molecular flexibility index (Phi) is 8.82. The van der Waals surface area contributed by atoms with E-state index in [1.165, 1.54) is 6.07 Å². The lowest BCUT2D eigenvalue weighted by Crippen LogP contribution is -2.68. The number of Topliss-reactive ketones (excluding diaryl/α,β-unsaturated/α-hetero) is 2. The van der Waals surface area contributed by atoms with Gasteiger partial charge in [0.15, 0.2) is 23.1 Å². The van der Waals surface area contributed by atoms with Crippen LogP contribution in [0.2, 0.25) is 0 Å². The van der Waals surface area contributed by atoms with Crippen LogP contribution < -0.4 is 5.43 Å². The van der Waals surface area contributed by atoms with Gasteiger partial charge in [0.25, 0.3) is 0 Å². The topological polar surface area (TPSA) is 105 Å². The van der Waals surface area contributed by atoms with Gasteiger partial charge in [-0.1, -0.05) is 60.9 Å². The Bertz CT molecular complexity index is 1680. The molecule has 0 saturated heterocycles. The van der Waals surface area contributed by atoms with Crippen LogP contribution in [0.25, 0.3) is 11.0 Å². The van der Waals surface area contributed by atoms with Crippen LogP contribution in [0.1, 0.15) is 111 Å². The Morgan fingerprint density at radius 3 is 2.11 bits per heavy atom. The zero-order valence-electron chi connectivity index (χ0n) is 27.8. The highest BCUT2D eigenvalue weighted by Gasteiger charge is 2.72. The predicted molar refractivity (Wildman–Crippen MR) is 176 cm³/mol. The molecular weight excluding hydrogens is 552 g/mol. The minimum Gasteiger partial charge on any atom is -0.504 e. The van der Waals surface area contributed by atoms with Gasteiger partial charge >= 0.3 is 0 Å². The van der Waals surface area contributed by atoms with E-state index in [1.54, 1.807) is 0 Å². The summed E-state index contributed by atoms with van der Waals surface area (Å²) < 4.78 is 6.46. The van der Waals surface area contributed by atoms with Gasteiger partial charge < -0.3 is 14.6 Å². The van der Waals surface area contributed by atoms with Crippen molar-refractivity contribution in [2.45, 2.75) is 99.8 Å². The van der Waals surface area contributed by atoms with E-state index in [4.69, 9.17) is 4.42 Å². The first-order valence-corrected chi connectivity index (χ1v) is 15.6. The fourth-order valence-electron chi connectivity index (χ4n) is 7.46. The molecule has 1 aromatic carbocycles. The fourth-order valence-corrected chi connectivity index (χ4v) is 7.46. The molecule has 0 radical (unpaired) electrons. The molecule has 1 heterocycles. The third-order valence-corrected chi connectivity index (χ3v) is 10.3. The van der Waals surface area contributed by atoms with Crippen LogP contribution in [0.15, 0.2) is 68.4 Å². The summed E-state index contributed by atoms with van der Waals surface area (Å²) in [5.41, 5.74) is -0.00105. The van der Waals surface area contributed by atoms with Crippen molar-refractivity contribution in [2.24, 2.45) is 22.7 Å². The Hall–Kier alpha value is -3.67. The van der Waals surface area contributed by atoms with Crippen LogP contribution in [0.5, 0.6) is 11.5 Å². The molecule has 0 spiro atoms. The second-order valence-corrected chi connectivity index (χ2v) is 14.5. The van der Waals surface area contributed by atoms with Crippen molar-refractivity contribution >= 4 is 22.5 Å². The molecule has 44 heavy (non-hydrogen) atoms. The molecule has 4 atom stereocenters. The summed E-state index contributed by atoms with van der Waals surface area (Å²) in [4.78, 5) is 44.7. The summed E-state index contributed by atoms with van der Waals surface area (Å²) in [6, 6.07) is 2.32. The number of phenols is 2. The van der Waals surface area contributed by atoms with Crippen molar-refractivity contribution in [3.63, 3.8) is 0 Å². The number of carbonyl (C=O) groups excluding carboxylic acids is 2. The van der Waals surface area contributed by atoms with Gasteiger partial charge in [-0.15, -0.1) is 0 Å². The van der Waals surface area contributed by atoms with Crippen LogP contribution in [-0.4, -0.2) is 21.8 Å². The minimum atomic E-state index is -1.46. The lowest BCUT2D eigenvalue weighted by molar-refractivity contribution is -0.152. The third-order valence-electron chi connectivity index (χ3n) is 10.3. The van der Waals surface area contributed by atoms with Crippen molar-refractivity contribution in [1.29, 1.82) is 0 Å². The average molecular weight is 601 g/mol.